The van der Waals surface area contributed by atoms with E-state index in [2.05, 4.69) is 6.07 Å². The summed E-state index contributed by atoms with van der Waals surface area (Å²) in [6.07, 6.45) is 1.94. The molecule has 8 nitrogen and oxygen atoms in total. The number of furan rings is 1. The van der Waals surface area contributed by atoms with Gasteiger partial charge in [-0.2, -0.15) is 5.26 Å². The predicted octanol–water partition coefficient (Wildman–Crippen LogP) is 2.97. The van der Waals surface area contributed by atoms with Crippen molar-refractivity contribution in [3.05, 3.63) is 57.5 Å². The number of fused-ring (bicyclic) bond motifs is 1. The highest BCUT2D eigenvalue weighted by atomic mass is 16.7. The Labute approximate surface area is 144 Å². The quantitative estimate of drug-likeness (QED) is 0.562. The van der Waals surface area contributed by atoms with Gasteiger partial charge in [0.2, 0.25) is 0 Å². The van der Waals surface area contributed by atoms with E-state index in [1.54, 1.807) is 12.3 Å². The zero-order valence-electron chi connectivity index (χ0n) is 13.5. The molecule has 130 valence electrons. The SMILES string of the molecule is N#CCCN(Cc1ccco1)Cc1cc([N+](=O)[O-])cc2c1OCOC2. The summed E-state index contributed by atoms with van der Waals surface area (Å²) in [5.41, 5.74) is 1.37. The molecule has 0 atom stereocenters. The molecule has 0 saturated heterocycles. The molecule has 1 aromatic carbocycles. The van der Waals surface area contributed by atoms with Gasteiger partial charge in [-0.05, 0) is 12.1 Å². The number of hydrogen-bond donors (Lipinski definition) is 0. The Morgan fingerprint density at radius 1 is 1.36 bits per heavy atom. The number of ether oxygens (including phenoxy) is 2. The van der Waals surface area contributed by atoms with Crippen molar-refractivity contribution in [1.82, 2.24) is 4.90 Å². The third kappa shape index (κ3) is 4.15. The van der Waals surface area contributed by atoms with Crippen LogP contribution in [0.25, 0.3) is 0 Å². The van der Waals surface area contributed by atoms with Crippen LogP contribution >= 0.6 is 0 Å². The number of nitro benzene ring substituents is 1. The molecule has 0 unspecified atom stereocenters. The highest BCUT2D eigenvalue weighted by Gasteiger charge is 2.22. The lowest BCUT2D eigenvalue weighted by atomic mass is 10.1. The van der Waals surface area contributed by atoms with Gasteiger partial charge < -0.3 is 13.9 Å². The van der Waals surface area contributed by atoms with E-state index >= 15 is 0 Å². The first kappa shape index (κ1) is 17.0. The molecule has 1 aliphatic rings. The predicted molar refractivity (Wildman–Crippen MR) is 86.4 cm³/mol. The van der Waals surface area contributed by atoms with Crippen molar-refractivity contribution in [2.45, 2.75) is 26.1 Å². The molecule has 0 N–H and O–H groups in total. The molecule has 2 aromatic rings. The minimum atomic E-state index is -0.426. The van der Waals surface area contributed by atoms with Crippen molar-refractivity contribution in [3.63, 3.8) is 0 Å². The number of nitrogens with zero attached hydrogens (tertiary/aromatic N) is 3. The lowest BCUT2D eigenvalue weighted by Crippen LogP contribution is -2.25. The van der Waals surface area contributed by atoms with E-state index < -0.39 is 4.92 Å². The smallest absolute Gasteiger partial charge is 0.270 e. The molecule has 0 aliphatic carbocycles. The van der Waals surface area contributed by atoms with E-state index in [-0.39, 0.29) is 19.1 Å². The molecular weight excluding hydrogens is 326 g/mol. The number of nitro groups is 1. The first-order chi connectivity index (χ1) is 12.2. The van der Waals surface area contributed by atoms with Gasteiger partial charge in [0.1, 0.15) is 11.5 Å². The maximum absolute atomic E-state index is 11.2. The Balaban J connectivity index is 1.88. The van der Waals surface area contributed by atoms with Gasteiger partial charge >= 0.3 is 0 Å². The maximum Gasteiger partial charge on any atom is 0.270 e. The standard InChI is InChI=1S/C17H17N3O5/c18-4-2-5-19(10-16-3-1-6-24-16)9-13-7-15(20(21)22)8-14-11-23-12-25-17(13)14/h1,3,6-8H,2,5,9-12H2. The fraction of sp³-hybridized carbons (Fsp3) is 0.353. The monoisotopic (exact) mass is 343 g/mol. The molecule has 0 saturated carbocycles. The summed E-state index contributed by atoms with van der Waals surface area (Å²) in [6.45, 7) is 1.83. The third-order valence-corrected chi connectivity index (χ3v) is 3.88. The molecule has 0 radical (unpaired) electrons. The Morgan fingerprint density at radius 3 is 2.96 bits per heavy atom. The van der Waals surface area contributed by atoms with Crippen LogP contribution in [0.4, 0.5) is 5.69 Å². The van der Waals surface area contributed by atoms with Crippen LogP contribution in [-0.2, 0) is 24.4 Å². The van der Waals surface area contributed by atoms with Gasteiger partial charge in [0, 0.05) is 42.8 Å². The third-order valence-electron chi connectivity index (χ3n) is 3.88. The van der Waals surface area contributed by atoms with Gasteiger partial charge in [0.15, 0.2) is 6.79 Å². The molecule has 2 heterocycles. The van der Waals surface area contributed by atoms with Crippen molar-refractivity contribution in [1.29, 1.82) is 5.26 Å². The minimum absolute atomic E-state index is 0.00100. The number of rotatable bonds is 7. The Bertz CT molecular complexity index is 782. The average molecular weight is 343 g/mol. The van der Waals surface area contributed by atoms with Crippen LogP contribution in [0, 0.1) is 21.4 Å². The summed E-state index contributed by atoms with van der Waals surface area (Å²) in [4.78, 5) is 12.8. The van der Waals surface area contributed by atoms with Gasteiger partial charge in [0.25, 0.3) is 5.69 Å². The van der Waals surface area contributed by atoms with Gasteiger partial charge in [-0.25, -0.2) is 0 Å². The molecule has 0 amide bonds. The summed E-state index contributed by atoms with van der Waals surface area (Å²) in [6, 6.07) is 8.77. The van der Waals surface area contributed by atoms with Crippen LogP contribution < -0.4 is 4.74 Å². The first-order valence-electron chi connectivity index (χ1n) is 7.80. The van der Waals surface area contributed by atoms with E-state index in [1.807, 2.05) is 11.0 Å². The summed E-state index contributed by atoms with van der Waals surface area (Å²) < 4.78 is 16.2. The van der Waals surface area contributed by atoms with Crippen LogP contribution in [0.3, 0.4) is 0 Å². The average Bonchev–Trinajstić information content (AvgIpc) is 3.12. The van der Waals surface area contributed by atoms with E-state index in [4.69, 9.17) is 19.2 Å². The van der Waals surface area contributed by atoms with Gasteiger partial charge in [0.05, 0.1) is 30.4 Å². The largest absolute Gasteiger partial charge is 0.468 e. The molecular formula is C17H17N3O5. The number of nitriles is 1. The van der Waals surface area contributed by atoms with Crippen LogP contribution in [0.15, 0.2) is 34.9 Å². The molecule has 0 bridgehead atoms. The van der Waals surface area contributed by atoms with Crippen LogP contribution in [0.1, 0.15) is 23.3 Å². The van der Waals surface area contributed by atoms with Crippen molar-refractivity contribution >= 4 is 5.69 Å². The molecule has 1 aliphatic heterocycles. The van der Waals surface area contributed by atoms with Crippen molar-refractivity contribution in [3.8, 4) is 11.8 Å². The van der Waals surface area contributed by atoms with Crippen LogP contribution in [0.2, 0.25) is 0 Å². The van der Waals surface area contributed by atoms with E-state index in [0.29, 0.717) is 42.9 Å². The van der Waals surface area contributed by atoms with E-state index in [0.717, 1.165) is 5.76 Å². The van der Waals surface area contributed by atoms with Gasteiger partial charge in [-0.3, -0.25) is 15.0 Å². The van der Waals surface area contributed by atoms with Crippen molar-refractivity contribution in [2.75, 3.05) is 13.3 Å². The lowest BCUT2D eigenvalue weighted by Gasteiger charge is -2.25. The maximum atomic E-state index is 11.2. The fourth-order valence-corrected chi connectivity index (χ4v) is 2.79. The highest BCUT2D eigenvalue weighted by Crippen LogP contribution is 2.33. The zero-order valence-corrected chi connectivity index (χ0v) is 13.5. The summed E-state index contributed by atoms with van der Waals surface area (Å²) in [7, 11) is 0. The zero-order chi connectivity index (χ0) is 17.6. The summed E-state index contributed by atoms with van der Waals surface area (Å²) in [5, 5.41) is 20.1. The minimum Gasteiger partial charge on any atom is -0.468 e. The van der Waals surface area contributed by atoms with E-state index in [9.17, 15) is 10.1 Å². The van der Waals surface area contributed by atoms with Gasteiger partial charge in [-0.15, -0.1) is 0 Å². The van der Waals surface area contributed by atoms with Crippen LogP contribution in [0.5, 0.6) is 5.75 Å². The number of benzene rings is 1. The molecule has 25 heavy (non-hydrogen) atoms. The molecule has 3 rings (SSSR count). The second kappa shape index (κ2) is 7.79. The topological polar surface area (TPSA) is 102 Å². The van der Waals surface area contributed by atoms with Crippen molar-refractivity contribution < 1.29 is 18.8 Å². The summed E-state index contributed by atoms with van der Waals surface area (Å²) >= 11 is 0. The van der Waals surface area contributed by atoms with Gasteiger partial charge in [-0.1, -0.05) is 0 Å². The molecule has 1 aromatic heterocycles. The molecule has 0 spiro atoms. The number of non-ortho nitro benzene ring substituents is 1. The lowest BCUT2D eigenvalue weighted by molar-refractivity contribution is -0.385. The Hall–Kier alpha value is -2.89. The normalized spacial score (nSPS) is 13.1. The first-order valence-corrected chi connectivity index (χ1v) is 7.80. The number of hydrogen-bond acceptors (Lipinski definition) is 7. The van der Waals surface area contributed by atoms with E-state index in [1.165, 1.54) is 12.1 Å². The Morgan fingerprint density at radius 2 is 2.24 bits per heavy atom. The van der Waals surface area contributed by atoms with Crippen molar-refractivity contribution in [2.24, 2.45) is 0 Å². The van der Waals surface area contributed by atoms with Crippen LogP contribution in [-0.4, -0.2) is 23.2 Å². The molecule has 8 heteroatoms. The highest BCUT2D eigenvalue weighted by molar-refractivity contribution is 5.50. The summed E-state index contributed by atoms with van der Waals surface area (Å²) in [5.74, 6) is 1.39. The fourth-order valence-electron chi connectivity index (χ4n) is 2.79. The second-order valence-electron chi connectivity index (χ2n) is 5.66. The second-order valence-corrected chi connectivity index (χ2v) is 5.66. The Kier molecular flexibility index (Phi) is 5.28. The molecule has 0 fully saturated rings.